The first-order valence-corrected chi connectivity index (χ1v) is 0.667. The average molecular weight is 215 g/mol. The molecule has 0 saturated carbocycles. The summed E-state index contributed by atoms with van der Waals surface area (Å²) in [6, 6.07) is 0. The van der Waals surface area contributed by atoms with E-state index >= 15 is 0 Å². The molecular formula is O6Sn. The fourth-order valence-electron chi connectivity index (χ4n) is 0. The monoisotopic (exact) mass is 216 g/mol. The van der Waals surface area contributed by atoms with Crippen LogP contribution < -0.4 is 21.0 Å². The van der Waals surface area contributed by atoms with Crippen LogP contribution in [0.2, 0.25) is 0 Å². The van der Waals surface area contributed by atoms with E-state index in [-0.39, 0.29) is 23.9 Å². The first kappa shape index (κ1) is 15.6. The standard InChI is InChI=1S/2H2O3.Sn/c2*1-3-2;/h2*1-2H;/q;;+4/p-4. The Morgan fingerprint density at radius 2 is 0.714 bits per heavy atom. The second-order valence-electron chi connectivity index (χ2n) is 0.136. The molecule has 0 amide bonds. The molecule has 0 aromatic carbocycles. The second kappa shape index (κ2) is 31.0. The fraction of sp³-hybridized carbons (Fsp3) is 0. The van der Waals surface area contributed by atoms with E-state index in [1.807, 2.05) is 0 Å². The Bertz CT molecular complexity index is 6.14. The fourth-order valence-corrected chi connectivity index (χ4v) is 0. The van der Waals surface area contributed by atoms with E-state index in [0.717, 1.165) is 0 Å². The number of hydrogen-bond donors (Lipinski definition) is 0. The molecule has 0 aliphatic carbocycles. The maximum atomic E-state index is 7.88. The topological polar surface area (TPSA) is 111 Å². The molecular weight excluding hydrogens is 215 g/mol. The Labute approximate surface area is 55.6 Å². The molecule has 0 N–H and O–H groups in total. The van der Waals surface area contributed by atoms with Crippen LogP contribution in [0.3, 0.4) is 0 Å². The molecule has 6 nitrogen and oxygen atoms in total. The Kier molecular flexibility index (Phi) is 69.2. The maximum Gasteiger partial charge on any atom is 4.00 e. The SMILES string of the molecule is [O-]O[O-].[O-]O[O-].[Sn+4]. The zero-order chi connectivity index (χ0) is 5.41. The molecule has 0 heterocycles. The van der Waals surface area contributed by atoms with Crippen molar-refractivity contribution >= 4 is 23.9 Å². The van der Waals surface area contributed by atoms with Crippen molar-refractivity contribution < 1.29 is 31.1 Å². The minimum absolute atomic E-state index is 0. The largest absolute Gasteiger partial charge is 4.00 e. The van der Waals surface area contributed by atoms with Crippen LogP contribution in [0.15, 0.2) is 0 Å². The summed E-state index contributed by atoms with van der Waals surface area (Å²) in [5.41, 5.74) is 0. The summed E-state index contributed by atoms with van der Waals surface area (Å²) in [5, 5.41) is 35.0. The van der Waals surface area contributed by atoms with Crippen molar-refractivity contribution in [1.29, 1.82) is 0 Å². The van der Waals surface area contributed by atoms with Gasteiger partial charge in [0.1, 0.15) is 0 Å². The van der Waals surface area contributed by atoms with Crippen molar-refractivity contribution in [2.24, 2.45) is 0 Å². The molecule has 7 heteroatoms. The minimum atomic E-state index is 0. The second-order valence-corrected chi connectivity index (χ2v) is 0.136. The van der Waals surface area contributed by atoms with Crippen molar-refractivity contribution in [3.63, 3.8) is 0 Å². The third-order valence-electron chi connectivity index (χ3n) is 0. The predicted octanol–water partition coefficient (Wildman–Crippen LogP) is -5.27. The summed E-state index contributed by atoms with van der Waals surface area (Å²) < 4.78 is 0. The zero-order valence-corrected chi connectivity index (χ0v) is 5.80. The van der Waals surface area contributed by atoms with Gasteiger partial charge < -0.3 is 31.1 Å². The third-order valence-corrected chi connectivity index (χ3v) is 0. The first-order valence-electron chi connectivity index (χ1n) is 0.667. The summed E-state index contributed by atoms with van der Waals surface area (Å²) in [5.74, 6) is 0. The van der Waals surface area contributed by atoms with Crippen LogP contribution in [-0.2, 0) is 10.1 Å². The minimum Gasteiger partial charge on any atom is -0.734 e. The third kappa shape index (κ3) is 437. The Morgan fingerprint density at radius 3 is 0.714 bits per heavy atom. The van der Waals surface area contributed by atoms with E-state index in [2.05, 4.69) is 0 Å². The molecule has 0 aromatic rings. The van der Waals surface area contributed by atoms with Gasteiger partial charge in [0.05, 0.1) is 0 Å². The number of hydrogen-bond acceptors (Lipinski definition) is 6. The van der Waals surface area contributed by atoms with Crippen LogP contribution in [0.1, 0.15) is 0 Å². The quantitative estimate of drug-likeness (QED) is 0.226. The van der Waals surface area contributed by atoms with Gasteiger partial charge in [-0.2, -0.15) is 0 Å². The van der Waals surface area contributed by atoms with Crippen molar-refractivity contribution in [2.75, 3.05) is 0 Å². The van der Waals surface area contributed by atoms with Gasteiger partial charge in [-0.3, -0.25) is 0 Å². The van der Waals surface area contributed by atoms with Gasteiger partial charge in [-0.25, -0.2) is 0 Å². The molecule has 7 heavy (non-hydrogen) atoms. The molecule has 0 spiro atoms. The van der Waals surface area contributed by atoms with Crippen molar-refractivity contribution in [2.45, 2.75) is 0 Å². The van der Waals surface area contributed by atoms with Crippen molar-refractivity contribution in [3.8, 4) is 0 Å². The van der Waals surface area contributed by atoms with Gasteiger partial charge >= 0.3 is 23.9 Å². The van der Waals surface area contributed by atoms with E-state index in [1.54, 1.807) is 10.1 Å². The van der Waals surface area contributed by atoms with Gasteiger partial charge in [-0.15, -0.1) is 0 Å². The molecule has 0 fully saturated rings. The van der Waals surface area contributed by atoms with Crippen LogP contribution >= 0.6 is 0 Å². The van der Waals surface area contributed by atoms with Gasteiger partial charge in [0.25, 0.3) is 0 Å². The first-order chi connectivity index (χ1) is 2.83. The molecule has 0 aliphatic heterocycles. The van der Waals surface area contributed by atoms with Crippen LogP contribution in [0.4, 0.5) is 0 Å². The smallest absolute Gasteiger partial charge is 0.734 e. The molecule has 0 atom stereocenters. The van der Waals surface area contributed by atoms with Crippen LogP contribution in [0.5, 0.6) is 0 Å². The van der Waals surface area contributed by atoms with E-state index in [0.29, 0.717) is 0 Å². The molecule has 40 valence electrons. The van der Waals surface area contributed by atoms with Crippen LogP contribution in [0.25, 0.3) is 0 Å². The Morgan fingerprint density at radius 1 is 0.714 bits per heavy atom. The normalized spacial score (nSPS) is 5.14. The molecule has 0 saturated heterocycles. The summed E-state index contributed by atoms with van der Waals surface area (Å²) in [6.45, 7) is 0. The summed E-state index contributed by atoms with van der Waals surface area (Å²) >= 11 is 0. The van der Waals surface area contributed by atoms with E-state index in [4.69, 9.17) is 21.0 Å². The molecule has 0 unspecified atom stereocenters. The van der Waals surface area contributed by atoms with E-state index in [1.165, 1.54) is 0 Å². The molecule has 0 rings (SSSR count). The Hall–Kier alpha value is 0.559. The summed E-state index contributed by atoms with van der Waals surface area (Å²) in [7, 11) is 0. The van der Waals surface area contributed by atoms with Gasteiger partial charge in [-0.1, -0.05) is 0 Å². The molecule has 0 aromatic heterocycles. The van der Waals surface area contributed by atoms with Crippen molar-refractivity contribution in [1.82, 2.24) is 0 Å². The molecule has 0 aliphatic rings. The average Bonchev–Trinajstić information content (AvgIpc) is 1.39. The molecule has 0 radical (unpaired) electrons. The van der Waals surface area contributed by atoms with Crippen molar-refractivity contribution in [3.05, 3.63) is 0 Å². The van der Waals surface area contributed by atoms with Gasteiger partial charge in [-0.05, 0) is 0 Å². The number of rotatable bonds is 0. The summed E-state index contributed by atoms with van der Waals surface area (Å²) in [6.07, 6.45) is 0. The maximum absolute atomic E-state index is 7.88. The molecule has 0 bridgehead atoms. The summed E-state index contributed by atoms with van der Waals surface area (Å²) in [4.78, 5) is 0. The van der Waals surface area contributed by atoms with E-state index < -0.39 is 0 Å². The Balaban J connectivity index is -0.0000000400. The van der Waals surface area contributed by atoms with Gasteiger partial charge in [0.2, 0.25) is 0 Å². The van der Waals surface area contributed by atoms with Crippen LogP contribution in [-0.4, -0.2) is 23.9 Å². The van der Waals surface area contributed by atoms with Gasteiger partial charge in [0.15, 0.2) is 0 Å². The zero-order valence-electron chi connectivity index (χ0n) is 2.95. The van der Waals surface area contributed by atoms with E-state index in [9.17, 15) is 0 Å². The van der Waals surface area contributed by atoms with Crippen LogP contribution in [0, 0.1) is 0 Å². The van der Waals surface area contributed by atoms with Gasteiger partial charge in [0, 0.05) is 0 Å². The predicted molar refractivity (Wildman–Crippen MR) is 7.92 cm³/mol.